The smallest absolute Gasteiger partial charge is 0.449 e. The minimum Gasteiger partial charge on any atom is -0.449 e. The zero-order chi connectivity index (χ0) is 16.6. The maximum Gasteiger partial charge on any atom is 0.511 e. The molecule has 0 saturated carbocycles. The Balaban J connectivity index is 2.06. The number of fused-ring (bicyclic) bond motifs is 1. The van der Waals surface area contributed by atoms with Crippen LogP contribution in [0.4, 0.5) is 4.79 Å². The summed E-state index contributed by atoms with van der Waals surface area (Å²) in [4.78, 5) is 29.7. The molecule has 0 amide bonds. The first kappa shape index (κ1) is 14.8. The molecule has 3 aromatic rings. The van der Waals surface area contributed by atoms with Crippen molar-refractivity contribution in [2.75, 3.05) is 0 Å². The van der Waals surface area contributed by atoms with Crippen LogP contribution in [0, 0.1) is 0 Å². The average molecular weight is 314 g/mol. The van der Waals surface area contributed by atoms with Gasteiger partial charge in [-0.2, -0.15) is 5.10 Å². The van der Waals surface area contributed by atoms with Gasteiger partial charge >= 0.3 is 6.16 Å². The number of hydrogen-bond acceptors (Lipinski definition) is 5. The van der Waals surface area contributed by atoms with Crippen molar-refractivity contribution in [1.29, 1.82) is 0 Å². The van der Waals surface area contributed by atoms with Crippen LogP contribution in [-0.2, 0) is 0 Å². The number of hydrogen-bond donors (Lipinski definition) is 2. The van der Waals surface area contributed by atoms with E-state index in [1.54, 1.807) is 6.07 Å². The lowest BCUT2D eigenvalue weighted by molar-refractivity contribution is 0.144. The lowest BCUT2D eigenvalue weighted by Crippen LogP contribution is -2.14. The number of carboxylic acid groups (broad SMARTS) is 1. The Morgan fingerprint density at radius 2 is 2.17 bits per heavy atom. The minimum absolute atomic E-state index is 0.0374. The second-order valence-electron chi connectivity index (χ2n) is 5.31. The third-order valence-corrected chi connectivity index (χ3v) is 3.36. The van der Waals surface area contributed by atoms with Crippen molar-refractivity contribution in [2.45, 2.75) is 19.8 Å². The van der Waals surface area contributed by atoms with E-state index in [2.05, 4.69) is 19.8 Å². The summed E-state index contributed by atoms with van der Waals surface area (Å²) in [7, 11) is 0. The van der Waals surface area contributed by atoms with Gasteiger partial charge in [-0.15, -0.1) is 0 Å². The Bertz CT molecular complexity index is 942. The summed E-state index contributed by atoms with van der Waals surface area (Å²) < 4.78 is 5.74. The van der Waals surface area contributed by atoms with Crippen LogP contribution in [0.2, 0.25) is 0 Å². The highest BCUT2D eigenvalue weighted by Gasteiger charge is 2.10. The summed E-state index contributed by atoms with van der Waals surface area (Å²) in [5.41, 5.74) is 1.29. The van der Waals surface area contributed by atoms with Crippen LogP contribution < -0.4 is 10.3 Å². The van der Waals surface area contributed by atoms with Crippen LogP contribution in [0.5, 0.6) is 5.75 Å². The molecule has 3 rings (SSSR count). The normalized spacial score (nSPS) is 11.1. The molecular weight excluding hydrogens is 300 g/mol. The van der Waals surface area contributed by atoms with Gasteiger partial charge in [0.15, 0.2) is 5.75 Å². The van der Waals surface area contributed by atoms with Crippen molar-refractivity contribution >= 4 is 17.1 Å². The molecule has 8 heteroatoms. The molecule has 1 aromatic carbocycles. The molecule has 0 spiro atoms. The SMILES string of the molecule is CC(C)c1ccc2nc(-n3cc(OC(=O)O)cn3)[nH]c(=O)c2c1. The number of aromatic nitrogens is 4. The Labute approximate surface area is 130 Å². The predicted molar refractivity (Wildman–Crippen MR) is 82.2 cm³/mol. The number of benzene rings is 1. The van der Waals surface area contributed by atoms with Gasteiger partial charge in [-0.25, -0.2) is 14.5 Å². The number of nitrogens with zero attached hydrogens (tertiary/aromatic N) is 3. The van der Waals surface area contributed by atoms with Gasteiger partial charge in [0.1, 0.15) is 0 Å². The molecule has 8 nitrogen and oxygen atoms in total. The maximum atomic E-state index is 12.3. The van der Waals surface area contributed by atoms with Gasteiger partial charge in [-0.3, -0.25) is 9.78 Å². The molecule has 2 heterocycles. The molecule has 118 valence electrons. The van der Waals surface area contributed by atoms with Gasteiger partial charge in [-0.05, 0) is 23.6 Å². The molecule has 2 N–H and O–H groups in total. The zero-order valence-electron chi connectivity index (χ0n) is 12.5. The van der Waals surface area contributed by atoms with E-state index in [1.807, 2.05) is 26.0 Å². The van der Waals surface area contributed by atoms with Gasteiger partial charge < -0.3 is 9.84 Å². The van der Waals surface area contributed by atoms with Gasteiger partial charge in [0.05, 0.1) is 23.3 Å². The summed E-state index contributed by atoms with van der Waals surface area (Å²) in [6.45, 7) is 4.09. The fourth-order valence-corrected chi connectivity index (χ4v) is 2.19. The molecule has 23 heavy (non-hydrogen) atoms. The van der Waals surface area contributed by atoms with Gasteiger partial charge in [0, 0.05) is 0 Å². The van der Waals surface area contributed by atoms with E-state index in [9.17, 15) is 9.59 Å². The summed E-state index contributed by atoms with van der Waals surface area (Å²) in [5, 5.41) is 13.0. The number of carbonyl (C=O) groups is 1. The second kappa shape index (κ2) is 5.56. The first-order valence-corrected chi connectivity index (χ1v) is 6.94. The van der Waals surface area contributed by atoms with Gasteiger partial charge in [0.2, 0.25) is 5.95 Å². The van der Waals surface area contributed by atoms with E-state index >= 15 is 0 Å². The van der Waals surface area contributed by atoms with E-state index in [0.717, 1.165) is 5.56 Å². The topological polar surface area (TPSA) is 110 Å². The molecule has 0 aliphatic carbocycles. The molecular formula is C15H14N4O4. The standard InChI is InChI=1S/C15H14N4O4/c1-8(2)9-3-4-12-11(5-9)13(20)18-14(17-12)19-7-10(6-16-19)23-15(21)22/h3-8H,1-2H3,(H,21,22)(H,17,18,20). The molecule has 0 radical (unpaired) electrons. The number of rotatable bonds is 3. The monoisotopic (exact) mass is 314 g/mol. The molecule has 0 bridgehead atoms. The number of ether oxygens (including phenoxy) is 1. The molecule has 0 atom stereocenters. The van der Waals surface area contributed by atoms with Crippen LogP contribution in [-0.4, -0.2) is 31.0 Å². The fraction of sp³-hybridized carbons (Fsp3) is 0.200. The van der Waals surface area contributed by atoms with Gasteiger partial charge in [-0.1, -0.05) is 19.9 Å². The fourth-order valence-electron chi connectivity index (χ4n) is 2.19. The number of nitrogens with one attached hydrogen (secondary N) is 1. The van der Waals surface area contributed by atoms with Crippen molar-refractivity contribution in [3.63, 3.8) is 0 Å². The summed E-state index contributed by atoms with van der Waals surface area (Å²) in [6.07, 6.45) is 1.10. The summed E-state index contributed by atoms with van der Waals surface area (Å²) in [5.74, 6) is 0.524. The first-order valence-electron chi connectivity index (χ1n) is 6.94. The van der Waals surface area contributed by atoms with Gasteiger partial charge in [0.25, 0.3) is 5.56 Å². The van der Waals surface area contributed by atoms with Crippen molar-refractivity contribution in [3.8, 4) is 11.7 Å². The van der Waals surface area contributed by atoms with Crippen LogP contribution in [0.3, 0.4) is 0 Å². The zero-order valence-corrected chi connectivity index (χ0v) is 12.5. The lowest BCUT2D eigenvalue weighted by Gasteiger charge is -2.07. The Hall–Kier alpha value is -3.16. The van der Waals surface area contributed by atoms with Crippen molar-refractivity contribution in [1.82, 2.24) is 19.7 Å². The van der Waals surface area contributed by atoms with Crippen LogP contribution in [0.1, 0.15) is 25.3 Å². The quantitative estimate of drug-likeness (QED) is 0.718. The van der Waals surface area contributed by atoms with E-state index < -0.39 is 6.16 Å². The Morgan fingerprint density at radius 3 is 2.87 bits per heavy atom. The van der Waals surface area contributed by atoms with Crippen LogP contribution in [0.25, 0.3) is 16.9 Å². The van der Waals surface area contributed by atoms with Crippen molar-refractivity contribution in [2.24, 2.45) is 0 Å². The molecule has 0 fully saturated rings. The molecule has 0 aliphatic rings. The lowest BCUT2D eigenvalue weighted by atomic mass is 10.0. The van der Waals surface area contributed by atoms with E-state index in [1.165, 1.54) is 17.1 Å². The minimum atomic E-state index is -1.44. The average Bonchev–Trinajstić information content (AvgIpc) is 2.94. The Morgan fingerprint density at radius 1 is 1.39 bits per heavy atom. The van der Waals surface area contributed by atoms with Crippen molar-refractivity contribution in [3.05, 3.63) is 46.5 Å². The number of aromatic amines is 1. The van der Waals surface area contributed by atoms with E-state index in [-0.39, 0.29) is 17.3 Å². The highest BCUT2D eigenvalue weighted by atomic mass is 16.7. The first-order chi connectivity index (χ1) is 10.9. The third-order valence-electron chi connectivity index (χ3n) is 3.36. The molecule has 2 aromatic heterocycles. The predicted octanol–water partition coefficient (Wildman–Crippen LogP) is 2.29. The second-order valence-corrected chi connectivity index (χ2v) is 5.31. The van der Waals surface area contributed by atoms with Crippen molar-refractivity contribution < 1.29 is 14.6 Å². The summed E-state index contributed by atoms with van der Waals surface area (Å²) >= 11 is 0. The molecule has 0 unspecified atom stereocenters. The Kier molecular flexibility index (Phi) is 3.57. The molecule has 0 saturated heterocycles. The third kappa shape index (κ3) is 2.91. The highest BCUT2D eigenvalue weighted by Crippen LogP contribution is 2.19. The van der Waals surface area contributed by atoms with E-state index in [0.29, 0.717) is 16.8 Å². The molecule has 0 aliphatic heterocycles. The van der Waals surface area contributed by atoms with E-state index in [4.69, 9.17) is 5.11 Å². The van der Waals surface area contributed by atoms with Crippen LogP contribution in [0.15, 0.2) is 35.4 Å². The maximum absolute atomic E-state index is 12.3. The van der Waals surface area contributed by atoms with Crippen LogP contribution >= 0.6 is 0 Å². The largest absolute Gasteiger partial charge is 0.511 e. The highest BCUT2D eigenvalue weighted by molar-refractivity contribution is 5.78. The number of H-pyrrole nitrogens is 1. The summed E-state index contributed by atoms with van der Waals surface area (Å²) in [6, 6.07) is 5.52.